The Morgan fingerprint density at radius 3 is 1.82 bits per heavy atom. The predicted octanol–water partition coefficient (Wildman–Crippen LogP) is 6.36. The number of hydrogen-bond donors (Lipinski definition) is 0. The van der Waals surface area contributed by atoms with Crippen LogP contribution in [0.4, 0.5) is 20.5 Å². The predicted molar refractivity (Wildman–Crippen MR) is 116 cm³/mol. The summed E-state index contributed by atoms with van der Waals surface area (Å²) in [6.07, 6.45) is 3.36. The minimum absolute atomic E-state index is 0.0637. The van der Waals surface area contributed by atoms with Crippen LogP contribution in [0.2, 0.25) is 0 Å². The van der Waals surface area contributed by atoms with Gasteiger partial charge in [0.2, 0.25) is 0 Å². The van der Waals surface area contributed by atoms with E-state index in [2.05, 4.69) is 35.7 Å². The van der Waals surface area contributed by atoms with Gasteiger partial charge in [0.1, 0.15) is 11.8 Å². The van der Waals surface area contributed by atoms with Gasteiger partial charge in [-0.2, -0.15) is 0 Å². The third kappa shape index (κ3) is 4.70. The summed E-state index contributed by atoms with van der Waals surface area (Å²) >= 11 is 5.74. The van der Waals surface area contributed by atoms with Gasteiger partial charge in [0.15, 0.2) is 0 Å². The summed E-state index contributed by atoms with van der Waals surface area (Å²) in [5, 5.41) is 23.2. The van der Waals surface area contributed by atoms with E-state index in [1.807, 2.05) is 35.4 Å². The fourth-order valence-electron chi connectivity index (χ4n) is 1.94. The number of nitrogens with zero attached hydrogens (tertiary/aromatic N) is 7. The zero-order chi connectivity index (χ0) is 19.3. The summed E-state index contributed by atoms with van der Waals surface area (Å²) in [6, 6.07) is 0. The van der Waals surface area contributed by atoms with Crippen LogP contribution in [0.1, 0.15) is 25.2 Å². The second-order valence-electron chi connectivity index (χ2n) is 5.48. The number of hydrogen-bond acceptors (Lipinski definition) is 10. The Labute approximate surface area is 177 Å². The highest BCUT2D eigenvalue weighted by atomic mass is 32.1. The first-order valence-corrected chi connectivity index (χ1v) is 11.6. The molecule has 4 aromatic rings. The highest BCUT2D eigenvalue weighted by Crippen LogP contribution is 2.36. The van der Waals surface area contributed by atoms with E-state index in [9.17, 15) is 0 Å². The number of rotatable bonds is 8. The van der Waals surface area contributed by atoms with E-state index >= 15 is 0 Å². The number of aromatic nitrogens is 4. The molecule has 28 heavy (non-hydrogen) atoms. The van der Waals surface area contributed by atoms with Gasteiger partial charge in [0.05, 0.1) is 20.5 Å². The van der Waals surface area contributed by atoms with Crippen molar-refractivity contribution < 1.29 is 4.84 Å². The van der Waals surface area contributed by atoms with Gasteiger partial charge < -0.3 is 35.4 Å². The molecule has 4 rings (SSSR count). The number of thiazole rings is 4. The second-order valence-corrected chi connectivity index (χ2v) is 8.90. The van der Waals surface area contributed by atoms with Crippen LogP contribution in [-0.2, 0) is 4.84 Å². The van der Waals surface area contributed by atoms with Crippen LogP contribution in [0, 0.1) is 0 Å². The van der Waals surface area contributed by atoms with Crippen molar-refractivity contribution in [2.24, 2.45) is 5.16 Å². The van der Waals surface area contributed by atoms with E-state index in [4.69, 9.17) is 4.84 Å². The van der Waals surface area contributed by atoms with Crippen LogP contribution in [0.25, 0.3) is 10.6 Å². The maximum atomic E-state index is 5.48. The SMILES string of the molecule is CC(C)ON=C(c1csc([N-]c2nccs2)n1)c1csc([N-]c2nccs2)n1. The van der Waals surface area contributed by atoms with E-state index in [0.717, 1.165) is 0 Å². The zero-order valence-corrected chi connectivity index (χ0v) is 18.0. The van der Waals surface area contributed by atoms with Crippen LogP contribution >= 0.6 is 45.3 Å². The molecule has 12 heteroatoms. The largest absolute Gasteiger partial charge is 0.393 e. The van der Waals surface area contributed by atoms with Gasteiger partial charge in [0, 0.05) is 22.1 Å². The third-order valence-electron chi connectivity index (χ3n) is 3.05. The highest BCUT2D eigenvalue weighted by molar-refractivity contribution is 7.17. The van der Waals surface area contributed by atoms with E-state index in [1.165, 1.54) is 45.3 Å². The average molecular weight is 448 g/mol. The Kier molecular flexibility index (Phi) is 5.90. The van der Waals surface area contributed by atoms with Crippen molar-refractivity contribution in [3.8, 4) is 0 Å². The molecule has 0 fully saturated rings. The smallest absolute Gasteiger partial charge is 0.124 e. The standard InChI is InChI=1S/C16H13N7OS4/c1-9(2)24-23-12(10-7-27-15(19-10)21-13-17-3-5-25-13)11-8-28-16(20-11)22-14-18-4-6-26-14/h3-9H,1-2H3/q-2. The molecule has 4 aromatic heterocycles. The lowest BCUT2D eigenvalue weighted by atomic mass is 10.2. The van der Waals surface area contributed by atoms with E-state index in [0.29, 0.717) is 37.6 Å². The highest BCUT2D eigenvalue weighted by Gasteiger charge is 2.11. The van der Waals surface area contributed by atoms with Gasteiger partial charge in [-0.15, -0.1) is 45.3 Å². The summed E-state index contributed by atoms with van der Waals surface area (Å²) in [5.74, 6) is 0. The van der Waals surface area contributed by atoms with Crippen LogP contribution in [0.15, 0.2) is 39.1 Å². The fraction of sp³-hybridized carbons (Fsp3) is 0.188. The van der Waals surface area contributed by atoms with Gasteiger partial charge in [-0.25, -0.2) is 0 Å². The molecule has 0 aromatic carbocycles. The first-order chi connectivity index (χ1) is 13.7. The van der Waals surface area contributed by atoms with Crippen molar-refractivity contribution >= 4 is 71.6 Å². The molecular weight excluding hydrogens is 434 g/mol. The Morgan fingerprint density at radius 1 is 0.857 bits per heavy atom. The molecule has 0 radical (unpaired) electrons. The van der Waals surface area contributed by atoms with Gasteiger partial charge >= 0.3 is 0 Å². The monoisotopic (exact) mass is 447 g/mol. The van der Waals surface area contributed by atoms with Crippen molar-refractivity contribution in [2.75, 3.05) is 0 Å². The quantitative estimate of drug-likeness (QED) is 0.231. The Hall–Kier alpha value is -2.41. The van der Waals surface area contributed by atoms with Gasteiger partial charge in [-0.05, 0) is 37.0 Å². The lowest BCUT2D eigenvalue weighted by Crippen LogP contribution is -2.07. The molecule has 0 N–H and O–H groups in total. The molecule has 4 heterocycles. The average Bonchev–Trinajstić information content (AvgIpc) is 3.44. The summed E-state index contributed by atoms with van der Waals surface area (Å²) in [7, 11) is 0. The first-order valence-electron chi connectivity index (χ1n) is 8.05. The lowest BCUT2D eigenvalue weighted by molar-refractivity contribution is 0.0862. The molecule has 0 aliphatic carbocycles. The van der Waals surface area contributed by atoms with Crippen molar-refractivity contribution in [1.29, 1.82) is 0 Å². The third-order valence-corrected chi connectivity index (χ3v) is 5.84. The summed E-state index contributed by atoms with van der Waals surface area (Å²) in [4.78, 5) is 22.9. The summed E-state index contributed by atoms with van der Waals surface area (Å²) in [5.41, 5.74) is 1.83. The van der Waals surface area contributed by atoms with Crippen LogP contribution in [0.3, 0.4) is 0 Å². The number of oxime groups is 1. The molecule has 0 amide bonds. The van der Waals surface area contributed by atoms with Gasteiger partial charge in [-0.1, -0.05) is 5.16 Å². The van der Waals surface area contributed by atoms with Crippen molar-refractivity contribution in [3.05, 3.63) is 55.9 Å². The maximum absolute atomic E-state index is 5.48. The zero-order valence-electron chi connectivity index (χ0n) is 14.7. The van der Waals surface area contributed by atoms with E-state index < -0.39 is 0 Å². The Balaban J connectivity index is 1.58. The molecule has 0 saturated heterocycles. The molecule has 0 spiro atoms. The summed E-state index contributed by atoms with van der Waals surface area (Å²) < 4.78 is 0. The van der Waals surface area contributed by atoms with Crippen molar-refractivity contribution in [3.63, 3.8) is 0 Å². The first kappa shape index (κ1) is 18.9. The minimum Gasteiger partial charge on any atom is -0.393 e. The molecule has 8 nitrogen and oxygen atoms in total. The van der Waals surface area contributed by atoms with Gasteiger partial charge in [-0.3, -0.25) is 0 Å². The molecule has 0 atom stereocenters. The second kappa shape index (κ2) is 8.73. The Morgan fingerprint density at radius 2 is 1.39 bits per heavy atom. The topological polar surface area (TPSA) is 101 Å². The van der Waals surface area contributed by atoms with Crippen LogP contribution in [0.5, 0.6) is 0 Å². The minimum atomic E-state index is -0.0637. The molecule has 0 unspecified atom stereocenters. The summed E-state index contributed by atoms with van der Waals surface area (Å²) in [6.45, 7) is 3.82. The molecule has 0 bridgehead atoms. The molecule has 0 saturated carbocycles. The normalized spacial score (nSPS) is 10.8. The molecule has 0 aliphatic rings. The van der Waals surface area contributed by atoms with Crippen molar-refractivity contribution in [1.82, 2.24) is 19.9 Å². The van der Waals surface area contributed by atoms with Gasteiger partial charge in [0.25, 0.3) is 0 Å². The van der Waals surface area contributed by atoms with Crippen LogP contribution < -0.4 is 0 Å². The van der Waals surface area contributed by atoms with E-state index in [-0.39, 0.29) is 6.10 Å². The lowest BCUT2D eigenvalue weighted by Gasteiger charge is -2.09. The Bertz CT molecular complexity index is 961. The van der Waals surface area contributed by atoms with Crippen LogP contribution in [-0.4, -0.2) is 31.8 Å². The molecule has 144 valence electrons. The molecule has 0 aliphatic heterocycles. The van der Waals surface area contributed by atoms with E-state index in [1.54, 1.807) is 12.4 Å². The molecular formula is C16H13N7OS4-2. The fourth-order valence-corrected chi connectivity index (χ4v) is 4.40. The maximum Gasteiger partial charge on any atom is 0.124 e. The van der Waals surface area contributed by atoms with Crippen molar-refractivity contribution in [2.45, 2.75) is 20.0 Å².